The van der Waals surface area contributed by atoms with E-state index in [1.54, 1.807) is 0 Å². The predicted octanol–water partition coefficient (Wildman–Crippen LogP) is 10.5. The topological polar surface area (TPSA) is 37.3 Å². The summed E-state index contributed by atoms with van der Waals surface area (Å²) < 4.78 is 0. The molecule has 0 aliphatic heterocycles. The van der Waals surface area contributed by atoms with Crippen LogP contribution in [0.15, 0.2) is 0 Å². The molecular weight excluding hydrogens is 444 g/mol. The van der Waals surface area contributed by atoms with Crippen molar-refractivity contribution in [1.29, 1.82) is 0 Å². The first kappa shape index (κ1) is 33.2. The number of aliphatic carboxylic acids is 1. The third-order valence-electron chi connectivity index (χ3n) is 6.48. The van der Waals surface area contributed by atoms with Gasteiger partial charge >= 0.3 is 5.97 Å². The molecule has 1 N–H and O–H groups in total. The zero-order valence-corrected chi connectivity index (χ0v) is 24.1. The number of hydrogen-bond donors (Lipinski definition) is 1. The molecule has 0 saturated carbocycles. The Morgan fingerprint density at radius 1 is 0.606 bits per heavy atom. The minimum atomic E-state index is -0.640. The minimum absolute atomic E-state index is 0.328. The highest BCUT2D eigenvalue weighted by Crippen LogP contribution is 2.24. The van der Waals surface area contributed by atoms with Crippen LogP contribution in [-0.4, -0.2) is 33.6 Å². The number of hydrogen-bond acceptors (Lipinski definition) is 3. The van der Waals surface area contributed by atoms with Gasteiger partial charge in [0.2, 0.25) is 0 Å². The van der Waals surface area contributed by atoms with Crippen LogP contribution in [-0.2, 0) is 4.79 Å². The van der Waals surface area contributed by atoms with Crippen LogP contribution in [0.5, 0.6) is 0 Å². The van der Waals surface area contributed by atoms with Crippen molar-refractivity contribution in [2.45, 2.75) is 160 Å². The zero-order chi connectivity index (χ0) is 24.2. The van der Waals surface area contributed by atoms with E-state index in [-0.39, 0.29) is 0 Å². The molecule has 0 spiro atoms. The van der Waals surface area contributed by atoms with Crippen molar-refractivity contribution in [2.24, 2.45) is 0 Å². The highest BCUT2D eigenvalue weighted by Gasteiger charge is 2.11. The lowest BCUT2D eigenvalue weighted by Crippen LogP contribution is -2.11. The first-order valence-corrected chi connectivity index (χ1v) is 16.8. The third kappa shape index (κ3) is 28.3. The van der Waals surface area contributed by atoms with E-state index in [0.717, 1.165) is 12.2 Å². The van der Waals surface area contributed by atoms with E-state index in [2.05, 4.69) is 25.6 Å². The summed E-state index contributed by atoms with van der Waals surface area (Å²) in [6.07, 6.45) is 28.9. The van der Waals surface area contributed by atoms with E-state index in [9.17, 15) is 4.79 Å². The van der Waals surface area contributed by atoms with E-state index >= 15 is 0 Å². The van der Waals surface area contributed by atoms with E-state index in [1.165, 1.54) is 140 Å². The number of carbonyl (C=O) groups is 1. The summed E-state index contributed by atoms with van der Waals surface area (Å²) in [5, 5.41) is 9.60. The van der Waals surface area contributed by atoms with Gasteiger partial charge in [-0.15, -0.1) is 0 Å². The monoisotopic (exact) mass is 502 g/mol. The lowest BCUT2D eigenvalue weighted by Gasteiger charge is -2.15. The first-order chi connectivity index (χ1) is 16.2. The van der Waals surface area contributed by atoms with Gasteiger partial charge in [0, 0.05) is 17.4 Å². The molecule has 4 heteroatoms. The maximum Gasteiger partial charge on any atom is 0.303 e. The molecule has 1 atom stereocenters. The van der Waals surface area contributed by atoms with Crippen LogP contribution in [0.25, 0.3) is 0 Å². The Morgan fingerprint density at radius 2 is 1.00 bits per heavy atom. The van der Waals surface area contributed by atoms with Gasteiger partial charge in [-0.3, -0.25) is 4.79 Å². The Hall–Kier alpha value is 0.170. The zero-order valence-electron chi connectivity index (χ0n) is 22.4. The Kier molecular flexibility index (Phi) is 28.6. The van der Waals surface area contributed by atoms with Gasteiger partial charge in [0.15, 0.2) is 0 Å². The molecule has 0 aliphatic rings. The number of rotatable bonds is 28. The molecule has 0 saturated heterocycles. The summed E-state index contributed by atoms with van der Waals surface area (Å²) in [5.41, 5.74) is 0. The largest absolute Gasteiger partial charge is 0.481 e. The van der Waals surface area contributed by atoms with Crippen LogP contribution in [0.4, 0.5) is 0 Å². The molecule has 198 valence electrons. The Labute approximate surface area is 216 Å². The van der Waals surface area contributed by atoms with Crippen LogP contribution < -0.4 is 0 Å². The average molecular weight is 503 g/mol. The van der Waals surface area contributed by atoms with Crippen molar-refractivity contribution in [1.82, 2.24) is 0 Å². The maximum atomic E-state index is 11.0. The van der Waals surface area contributed by atoms with E-state index in [1.807, 2.05) is 11.8 Å². The SMILES string of the molecule is CCCCCCCCCCCCSCC(CCC(=O)O)SCCCCCCCCCCCC. The van der Waals surface area contributed by atoms with E-state index < -0.39 is 5.97 Å². The van der Waals surface area contributed by atoms with Crippen LogP contribution >= 0.6 is 23.5 Å². The van der Waals surface area contributed by atoms with Crippen molar-refractivity contribution >= 4 is 29.5 Å². The van der Waals surface area contributed by atoms with Gasteiger partial charge in [0.1, 0.15) is 0 Å². The lowest BCUT2D eigenvalue weighted by atomic mass is 10.1. The van der Waals surface area contributed by atoms with Crippen molar-refractivity contribution in [3.8, 4) is 0 Å². The normalized spacial score (nSPS) is 12.3. The average Bonchev–Trinajstić information content (AvgIpc) is 2.81. The van der Waals surface area contributed by atoms with Crippen LogP contribution in [0.2, 0.25) is 0 Å². The second-order valence-corrected chi connectivity index (χ2v) is 12.4. The van der Waals surface area contributed by atoms with Crippen molar-refractivity contribution < 1.29 is 9.90 Å². The smallest absolute Gasteiger partial charge is 0.303 e. The summed E-state index contributed by atoms with van der Waals surface area (Å²) in [7, 11) is 0. The van der Waals surface area contributed by atoms with Crippen LogP contribution in [0.1, 0.15) is 155 Å². The Bertz CT molecular complexity index is 390. The highest BCUT2D eigenvalue weighted by atomic mass is 32.2. The summed E-state index contributed by atoms with van der Waals surface area (Å²) in [4.78, 5) is 11.0. The molecule has 0 radical (unpaired) electrons. The molecule has 0 aliphatic carbocycles. The quantitative estimate of drug-likeness (QED) is 0.108. The fourth-order valence-electron chi connectivity index (χ4n) is 4.25. The molecule has 0 aromatic rings. The molecule has 0 aromatic heterocycles. The molecule has 0 aromatic carbocycles. The van der Waals surface area contributed by atoms with Crippen LogP contribution in [0, 0.1) is 0 Å². The van der Waals surface area contributed by atoms with Crippen molar-refractivity contribution in [3.05, 3.63) is 0 Å². The van der Waals surface area contributed by atoms with Crippen LogP contribution in [0.3, 0.4) is 0 Å². The third-order valence-corrected chi connectivity index (χ3v) is 9.30. The van der Waals surface area contributed by atoms with Gasteiger partial charge in [-0.2, -0.15) is 23.5 Å². The minimum Gasteiger partial charge on any atom is -0.481 e. The maximum absolute atomic E-state index is 11.0. The fraction of sp³-hybridized carbons (Fsp3) is 0.966. The van der Waals surface area contributed by atoms with E-state index in [0.29, 0.717) is 11.7 Å². The fourth-order valence-corrected chi connectivity index (χ4v) is 6.91. The molecule has 2 nitrogen and oxygen atoms in total. The molecule has 0 heterocycles. The number of carboxylic acids is 1. The van der Waals surface area contributed by atoms with Gasteiger partial charge in [0.25, 0.3) is 0 Å². The van der Waals surface area contributed by atoms with Gasteiger partial charge < -0.3 is 5.11 Å². The standard InChI is InChI=1S/C29H58O2S2/c1-3-5-7-9-11-13-15-17-19-21-25-32-27-28(23-24-29(30)31)33-26-22-20-18-16-14-12-10-8-6-4-2/h28H,3-27H2,1-2H3,(H,30,31). The molecule has 0 bridgehead atoms. The van der Waals surface area contributed by atoms with Crippen molar-refractivity contribution in [3.63, 3.8) is 0 Å². The van der Waals surface area contributed by atoms with Gasteiger partial charge in [0.05, 0.1) is 0 Å². The lowest BCUT2D eigenvalue weighted by molar-refractivity contribution is -0.137. The second-order valence-electron chi connectivity index (χ2n) is 9.86. The Balaban J connectivity index is 3.62. The molecule has 33 heavy (non-hydrogen) atoms. The molecule has 0 rings (SSSR count). The molecule has 0 amide bonds. The van der Waals surface area contributed by atoms with Crippen molar-refractivity contribution in [2.75, 3.05) is 17.3 Å². The predicted molar refractivity (Wildman–Crippen MR) is 154 cm³/mol. The summed E-state index contributed by atoms with van der Waals surface area (Å²) >= 11 is 4.10. The highest BCUT2D eigenvalue weighted by molar-refractivity contribution is 8.03. The first-order valence-electron chi connectivity index (χ1n) is 14.6. The number of unbranched alkanes of at least 4 members (excludes halogenated alkanes) is 18. The second kappa shape index (κ2) is 28.4. The Morgan fingerprint density at radius 3 is 1.42 bits per heavy atom. The van der Waals surface area contributed by atoms with E-state index in [4.69, 9.17) is 5.11 Å². The number of thioether (sulfide) groups is 2. The molecular formula is C29H58O2S2. The summed E-state index contributed by atoms with van der Waals surface area (Å²) in [6.45, 7) is 4.56. The van der Waals surface area contributed by atoms with Gasteiger partial charge in [-0.05, 0) is 30.8 Å². The van der Waals surface area contributed by atoms with Gasteiger partial charge in [-0.25, -0.2) is 0 Å². The summed E-state index contributed by atoms with van der Waals surface area (Å²) in [6, 6.07) is 0. The molecule has 0 fully saturated rings. The molecule has 1 unspecified atom stereocenters. The van der Waals surface area contributed by atoms with Gasteiger partial charge in [-0.1, -0.05) is 129 Å². The number of carboxylic acid groups (broad SMARTS) is 1. The summed E-state index contributed by atoms with van der Waals surface area (Å²) in [5.74, 6) is 2.95.